The zero-order valence-corrected chi connectivity index (χ0v) is 10.9. The minimum absolute atomic E-state index is 0.723. The normalized spacial score (nSPS) is 16.6. The van der Waals surface area contributed by atoms with Crippen molar-refractivity contribution in [1.29, 1.82) is 0 Å². The smallest absolute Gasteiger partial charge is 0.0300 e. The first-order chi connectivity index (χ1) is 7.16. The number of rotatable bonds is 1. The third-order valence-electron chi connectivity index (χ3n) is 2.19. The second-order valence-electron chi connectivity index (χ2n) is 3.27. The summed E-state index contributed by atoms with van der Waals surface area (Å²) in [6, 6.07) is 8.01. The molecule has 0 saturated carbocycles. The van der Waals surface area contributed by atoms with Crippen LogP contribution in [0.1, 0.15) is 12.0 Å². The predicted octanol–water partition coefficient (Wildman–Crippen LogP) is 5.13. The Bertz CT molecular complexity index is 429. The summed E-state index contributed by atoms with van der Waals surface area (Å²) in [7, 11) is 0. The van der Waals surface area contributed by atoms with Gasteiger partial charge in [-0.25, -0.2) is 0 Å². The Morgan fingerprint density at radius 2 is 1.73 bits per heavy atom. The highest BCUT2D eigenvalue weighted by atomic mass is 79.9. The van der Waals surface area contributed by atoms with Crippen LogP contribution in [0.15, 0.2) is 44.9 Å². The molecule has 0 saturated heterocycles. The van der Waals surface area contributed by atoms with Crippen LogP contribution >= 0.6 is 39.1 Å². The van der Waals surface area contributed by atoms with Crippen molar-refractivity contribution in [2.24, 2.45) is 0 Å². The summed E-state index contributed by atoms with van der Waals surface area (Å²) in [6.45, 7) is 0. The fourth-order valence-corrected chi connectivity index (χ4v) is 2.12. The van der Waals surface area contributed by atoms with Gasteiger partial charge < -0.3 is 0 Å². The fourth-order valence-electron chi connectivity index (χ4n) is 1.43. The summed E-state index contributed by atoms with van der Waals surface area (Å²) < 4.78 is 1.05. The van der Waals surface area contributed by atoms with Gasteiger partial charge in [-0.2, -0.15) is 0 Å². The number of benzene rings is 1. The summed E-state index contributed by atoms with van der Waals surface area (Å²) >= 11 is 15.5. The molecule has 77 valence electrons. The first-order valence-corrected chi connectivity index (χ1v) is 6.07. The first-order valence-electron chi connectivity index (χ1n) is 4.52. The minimum Gasteiger partial charge on any atom is -0.0891 e. The lowest BCUT2D eigenvalue weighted by molar-refractivity contribution is 1.22. The second kappa shape index (κ2) is 4.73. The highest BCUT2D eigenvalue weighted by Crippen LogP contribution is 2.34. The van der Waals surface area contributed by atoms with E-state index in [2.05, 4.69) is 15.9 Å². The third-order valence-corrected chi connectivity index (χ3v) is 3.34. The predicted molar refractivity (Wildman–Crippen MR) is 69.8 cm³/mol. The lowest BCUT2D eigenvalue weighted by Crippen LogP contribution is -1.93. The molecule has 1 aliphatic carbocycles. The maximum absolute atomic E-state index is 6.13. The molecule has 15 heavy (non-hydrogen) atoms. The van der Waals surface area contributed by atoms with Crippen LogP contribution in [0, 0.1) is 6.42 Å². The maximum atomic E-state index is 6.13. The van der Waals surface area contributed by atoms with E-state index in [0.717, 1.165) is 32.1 Å². The zero-order valence-electron chi connectivity index (χ0n) is 7.81. The summed E-state index contributed by atoms with van der Waals surface area (Å²) in [4.78, 5) is 0. The molecular weight excluding hydrogens is 295 g/mol. The van der Waals surface area contributed by atoms with Gasteiger partial charge in [-0.3, -0.25) is 0 Å². The van der Waals surface area contributed by atoms with Gasteiger partial charge in [0.15, 0.2) is 0 Å². The maximum Gasteiger partial charge on any atom is 0.0300 e. The van der Waals surface area contributed by atoms with Crippen molar-refractivity contribution in [3.8, 4) is 0 Å². The van der Waals surface area contributed by atoms with Crippen LogP contribution in [-0.4, -0.2) is 0 Å². The molecule has 1 aliphatic rings. The van der Waals surface area contributed by atoms with Gasteiger partial charge in [0, 0.05) is 21.0 Å². The highest BCUT2D eigenvalue weighted by Gasteiger charge is 2.12. The third kappa shape index (κ3) is 2.66. The molecule has 0 unspecified atom stereocenters. The molecule has 0 spiro atoms. The van der Waals surface area contributed by atoms with Crippen LogP contribution in [0.5, 0.6) is 0 Å². The molecule has 0 heterocycles. The van der Waals surface area contributed by atoms with E-state index in [4.69, 9.17) is 23.2 Å². The monoisotopic (exact) mass is 301 g/mol. The van der Waals surface area contributed by atoms with E-state index < -0.39 is 0 Å². The van der Waals surface area contributed by atoms with Crippen molar-refractivity contribution in [2.45, 2.75) is 6.42 Å². The van der Waals surface area contributed by atoms with Crippen molar-refractivity contribution in [1.82, 2.24) is 0 Å². The van der Waals surface area contributed by atoms with Crippen LogP contribution in [0.2, 0.25) is 0 Å². The number of hydrogen-bond acceptors (Lipinski definition) is 0. The molecule has 0 N–H and O–H groups in total. The quantitative estimate of drug-likeness (QED) is 0.674. The number of allylic oxidation sites excluding steroid dienone is 4. The van der Waals surface area contributed by atoms with Crippen LogP contribution in [0.3, 0.4) is 0 Å². The van der Waals surface area contributed by atoms with E-state index in [1.54, 1.807) is 0 Å². The van der Waals surface area contributed by atoms with Crippen molar-refractivity contribution in [2.75, 3.05) is 0 Å². The Labute approximate surface area is 108 Å². The van der Waals surface area contributed by atoms with Gasteiger partial charge in [0.2, 0.25) is 0 Å². The summed E-state index contributed by atoms with van der Waals surface area (Å²) in [5.74, 6) is 0. The van der Waals surface area contributed by atoms with Crippen LogP contribution in [0.4, 0.5) is 0 Å². The number of halogens is 3. The molecular formula is C12H8BrCl2. The Hall–Kier alpha value is -0.240. The van der Waals surface area contributed by atoms with Gasteiger partial charge >= 0.3 is 0 Å². The topological polar surface area (TPSA) is 0 Å². The number of hydrogen-bond donors (Lipinski definition) is 0. The molecule has 1 radical (unpaired) electrons. The minimum atomic E-state index is 0.723. The van der Waals surface area contributed by atoms with Crippen LogP contribution in [0.25, 0.3) is 5.57 Å². The van der Waals surface area contributed by atoms with E-state index in [1.165, 1.54) is 0 Å². The van der Waals surface area contributed by atoms with Crippen LogP contribution < -0.4 is 0 Å². The van der Waals surface area contributed by atoms with Crippen molar-refractivity contribution >= 4 is 44.7 Å². The fraction of sp³-hybridized carbons (Fsp3) is 0.0833. The SMILES string of the molecule is ClC1=CC(c2ccc(Br)cc2)=C(Cl)[CH]C1. The lowest BCUT2D eigenvalue weighted by atomic mass is 9.99. The van der Waals surface area contributed by atoms with Gasteiger partial charge in [-0.05, 0) is 35.8 Å². The molecule has 0 fully saturated rings. The van der Waals surface area contributed by atoms with E-state index in [9.17, 15) is 0 Å². The average molecular weight is 303 g/mol. The van der Waals surface area contributed by atoms with E-state index in [1.807, 2.05) is 36.8 Å². The van der Waals surface area contributed by atoms with Gasteiger partial charge in [0.05, 0.1) is 0 Å². The van der Waals surface area contributed by atoms with Gasteiger partial charge in [-0.1, -0.05) is 51.3 Å². The van der Waals surface area contributed by atoms with Gasteiger partial charge in [0.25, 0.3) is 0 Å². The van der Waals surface area contributed by atoms with Crippen molar-refractivity contribution in [3.05, 3.63) is 56.9 Å². The molecule has 0 amide bonds. The van der Waals surface area contributed by atoms with Crippen molar-refractivity contribution in [3.63, 3.8) is 0 Å². The van der Waals surface area contributed by atoms with Gasteiger partial charge in [-0.15, -0.1) is 0 Å². The molecule has 0 aliphatic heterocycles. The highest BCUT2D eigenvalue weighted by molar-refractivity contribution is 9.10. The lowest BCUT2D eigenvalue weighted by Gasteiger charge is -2.13. The Morgan fingerprint density at radius 3 is 2.40 bits per heavy atom. The van der Waals surface area contributed by atoms with Crippen molar-refractivity contribution < 1.29 is 0 Å². The molecule has 2 rings (SSSR count). The molecule has 3 heteroatoms. The molecule has 0 nitrogen and oxygen atoms in total. The molecule has 1 aromatic rings. The Morgan fingerprint density at radius 1 is 1.07 bits per heavy atom. The van der Waals surface area contributed by atoms with Crippen LogP contribution in [-0.2, 0) is 0 Å². The zero-order chi connectivity index (χ0) is 10.8. The molecule has 1 aromatic carbocycles. The Balaban J connectivity index is 2.42. The Kier molecular flexibility index (Phi) is 3.55. The standard InChI is InChI=1S/C12H8BrCl2/c13-9-3-1-8(2-4-9)11-7-10(14)5-6-12(11)15/h1-4,6-7H,5H2. The molecule has 0 bridgehead atoms. The average Bonchev–Trinajstić information content (AvgIpc) is 2.23. The van der Waals surface area contributed by atoms with Gasteiger partial charge in [0.1, 0.15) is 0 Å². The summed E-state index contributed by atoms with van der Waals surface area (Å²) in [6.07, 6.45) is 4.58. The molecule has 0 atom stereocenters. The first kappa shape index (κ1) is 11.3. The summed E-state index contributed by atoms with van der Waals surface area (Å²) in [5, 5.41) is 1.58. The van der Waals surface area contributed by atoms with E-state index in [-0.39, 0.29) is 0 Å². The summed E-state index contributed by atoms with van der Waals surface area (Å²) in [5.41, 5.74) is 2.07. The van der Waals surface area contributed by atoms with E-state index >= 15 is 0 Å². The molecule has 0 aromatic heterocycles. The largest absolute Gasteiger partial charge is 0.0891 e. The second-order valence-corrected chi connectivity index (χ2v) is 5.08. The van der Waals surface area contributed by atoms with E-state index in [0.29, 0.717) is 0 Å².